The molecule has 6 heteroatoms. The normalized spacial score (nSPS) is 15.0. The smallest absolute Gasteiger partial charge is 0.254 e. The van der Waals surface area contributed by atoms with Crippen molar-refractivity contribution in [2.45, 2.75) is 53.0 Å². The van der Waals surface area contributed by atoms with Gasteiger partial charge >= 0.3 is 0 Å². The molecule has 1 fully saturated rings. The van der Waals surface area contributed by atoms with Gasteiger partial charge in [0, 0.05) is 44.2 Å². The molecule has 1 aromatic carbocycles. The molecular formula is C21H30N4O2. The average Bonchev–Trinajstić information content (AvgIpc) is 3.00. The number of carbonyl (C=O) groups excluding carboxylic acids is 2. The summed E-state index contributed by atoms with van der Waals surface area (Å²) in [6.45, 7) is 10.8. The van der Waals surface area contributed by atoms with Gasteiger partial charge in [0.05, 0.1) is 11.0 Å². The van der Waals surface area contributed by atoms with Gasteiger partial charge in [-0.15, -0.1) is 0 Å². The van der Waals surface area contributed by atoms with Gasteiger partial charge in [-0.2, -0.15) is 0 Å². The average molecular weight is 370 g/mol. The van der Waals surface area contributed by atoms with E-state index in [0.717, 1.165) is 29.7 Å². The van der Waals surface area contributed by atoms with Gasteiger partial charge in [-0.3, -0.25) is 9.59 Å². The lowest BCUT2D eigenvalue weighted by Gasteiger charge is -2.35. The maximum Gasteiger partial charge on any atom is 0.254 e. The number of rotatable bonds is 5. The SMILES string of the molecule is CCCCC(=O)N1CCN(C(=O)c2ccc3c(c2)nc(C)n3C(C)C)CC1. The second-order valence-corrected chi connectivity index (χ2v) is 7.60. The highest BCUT2D eigenvalue weighted by Crippen LogP contribution is 2.22. The topological polar surface area (TPSA) is 58.4 Å². The number of amides is 2. The Labute approximate surface area is 161 Å². The van der Waals surface area contributed by atoms with Crippen molar-refractivity contribution in [3.8, 4) is 0 Å². The Hall–Kier alpha value is -2.37. The number of aromatic nitrogens is 2. The largest absolute Gasteiger partial charge is 0.339 e. The van der Waals surface area contributed by atoms with E-state index in [1.807, 2.05) is 34.9 Å². The Morgan fingerprint density at radius 3 is 2.41 bits per heavy atom. The minimum atomic E-state index is 0.0225. The van der Waals surface area contributed by atoms with Crippen molar-refractivity contribution in [2.24, 2.45) is 0 Å². The van der Waals surface area contributed by atoms with E-state index in [-0.39, 0.29) is 11.8 Å². The monoisotopic (exact) mass is 370 g/mol. The van der Waals surface area contributed by atoms with Crippen LogP contribution in [0.3, 0.4) is 0 Å². The van der Waals surface area contributed by atoms with Crippen molar-refractivity contribution in [1.82, 2.24) is 19.4 Å². The molecular weight excluding hydrogens is 340 g/mol. The van der Waals surface area contributed by atoms with Gasteiger partial charge in [0.1, 0.15) is 5.82 Å². The van der Waals surface area contributed by atoms with Crippen molar-refractivity contribution in [3.05, 3.63) is 29.6 Å². The second-order valence-electron chi connectivity index (χ2n) is 7.60. The fourth-order valence-corrected chi connectivity index (χ4v) is 3.83. The molecule has 1 aliphatic rings. The number of carbonyl (C=O) groups is 2. The quantitative estimate of drug-likeness (QED) is 0.810. The number of hydrogen-bond donors (Lipinski definition) is 0. The van der Waals surface area contributed by atoms with E-state index in [1.54, 1.807) is 0 Å². The Morgan fingerprint density at radius 2 is 1.78 bits per heavy atom. The van der Waals surface area contributed by atoms with E-state index in [2.05, 4.69) is 30.3 Å². The molecule has 2 amide bonds. The third-order valence-corrected chi connectivity index (χ3v) is 5.29. The van der Waals surface area contributed by atoms with Crippen LogP contribution in [-0.4, -0.2) is 57.3 Å². The van der Waals surface area contributed by atoms with E-state index in [1.165, 1.54) is 0 Å². The first-order valence-electron chi connectivity index (χ1n) is 9.98. The summed E-state index contributed by atoms with van der Waals surface area (Å²) in [5.74, 6) is 1.19. The van der Waals surface area contributed by atoms with Crippen LogP contribution in [0, 0.1) is 6.92 Å². The number of aryl methyl sites for hydroxylation is 1. The zero-order valence-corrected chi connectivity index (χ0v) is 16.9. The zero-order chi connectivity index (χ0) is 19.6. The standard InChI is InChI=1S/C21H30N4O2/c1-5-6-7-20(26)23-10-12-24(13-11-23)21(27)17-8-9-19-18(14-17)22-16(4)25(19)15(2)3/h8-9,14-15H,5-7,10-13H2,1-4H3. The van der Waals surface area contributed by atoms with Gasteiger partial charge in [0.25, 0.3) is 5.91 Å². The molecule has 27 heavy (non-hydrogen) atoms. The van der Waals surface area contributed by atoms with Crippen LogP contribution in [0.5, 0.6) is 0 Å². The van der Waals surface area contributed by atoms with Gasteiger partial charge in [-0.05, 0) is 45.4 Å². The highest BCUT2D eigenvalue weighted by atomic mass is 16.2. The molecule has 146 valence electrons. The molecule has 1 aliphatic heterocycles. The van der Waals surface area contributed by atoms with Crippen LogP contribution < -0.4 is 0 Å². The Kier molecular flexibility index (Phi) is 5.82. The molecule has 2 heterocycles. The zero-order valence-electron chi connectivity index (χ0n) is 16.9. The van der Waals surface area contributed by atoms with Crippen LogP contribution in [-0.2, 0) is 4.79 Å². The number of fused-ring (bicyclic) bond motifs is 1. The molecule has 6 nitrogen and oxygen atoms in total. The van der Waals surface area contributed by atoms with Crippen molar-refractivity contribution in [3.63, 3.8) is 0 Å². The van der Waals surface area contributed by atoms with Crippen molar-refractivity contribution in [1.29, 1.82) is 0 Å². The van der Waals surface area contributed by atoms with Gasteiger partial charge in [0.15, 0.2) is 0 Å². The molecule has 0 unspecified atom stereocenters. The number of piperazine rings is 1. The van der Waals surface area contributed by atoms with E-state index >= 15 is 0 Å². The number of hydrogen-bond acceptors (Lipinski definition) is 3. The maximum atomic E-state index is 12.9. The molecule has 2 aromatic rings. The predicted molar refractivity (Wildman–Crippen MR) is 107 cm³/mol. The van der Waals surface area contributed by atoms with E-state index in [4.69, 9.17) is 0 Å². The van der Waals surface area contributed by atoms with Gasteiger partial charge in [-0.25, -0.2) is 4.98 Å². The summed E-state index contributed by atoms with van der Waals surface area (Å²) in [5, 5.41) is 0. The molecule has 0 bridgehead atoms. The van der Waals surface area contributed by atoms with Gasteiger partial charge in [-0.1, -0.05) is 13.3 Å². The Morgan fingerprint density at radius 1 is 1.11 bits per heavy atom. The Balaban J connectivity index is 1.69. The third-order valence-electron chi connectivity index (χ3n) is 5.29. The molecule has 0 radical (unpaired) electrons. The van der Waals surface area contributed by atoms with Crippen molar-refractivity contribution in [2.75, 3.05) is 26.2 Å². The fraction of sp³-hybridized carbons (Fsp3) is 0.571. The summed E-state index contributed by atoms with van der Waals surface area (Å²) >= 11 is 0. The lowest BCUT2D eigenvalue weighted by Crippen LogP contribution is -2.50. The molecule has 0 N–H and O–H groups in total. The summed E-state index contributed by atoms with van der Waals surface area (Å²) in [6.07, 6.45) is 2.57. The summed E-state index contributed by atoms with van der Waals surface area (Å²) < 4.78 is 2.18. The molecule has 3 rings (SSSR count). The highest BCUT2D eigenvalue weighted by molar-refractivity contribution is 5.97. The number of unbranched alkanes of at least 4 members (excludes halogenated alkanes) is 1. The minimum absolute atomic E-state index is 0.0225. The lowest BCUT2D eigenvalue weighted by atomic mass is 10.1. The van der Waals surface area contributed by atoms with Crippen LogP contribution in [0.4, 0.5) is 0 Å². The van der Waals surface area contributed by atoms with E-state index < -0.39 is 0 Å². The lowest BCUT2D eigenvalue weighted by molar-refractivity contribution is -0.132. The Bertz CT molecular complexity index is 832. The molecule has 0 saturated carbocycles. The highest BCUT2D eigenvalue weighted by Gasteiger charge is 2.25. The number of benzene rings is 1. The summed E-state index contributed by atoms with van der Waals surface area (Å²) in [5.41, 5.74) is 2.59. The van der Waals surface area contributed by atoms with Crippen LogP contribution in [0.2, 0.25) is 0 Å². The molecule has 1 aromatic heterocycles. The van der Waals surface area contributed by atoms with Crippen molar-refractivity contribution >= 4 is 22.8 Å². The first-order chi connectivity index (χ1) is 12.9. The summed E-state index contributed by atoms with van der Waals surface area (Å²) in [7, 11) is 0. The number of nitrogens with zero attached hydrogens (tertiary/aromatic N) is 4. The molecule has 0 atom stereocenters. The summed E-state index contributed by atoms with van der Waals surface area (Å²) in [4.78, 5) is 33.4. The third kappa shape index (κ3) is 3.99. The predicted octanol–water partition coefficient (Wildman–Crippen LogP) is 3.40. The van der Waals surface area contributed by atoms with Crippen LogP contribution in [0.15, 0.2) is 18.2 Å². The van der Waals surface area contributed by atoms with E-state index in [0.29, 0.717) is 44.2 Å². The van der Waals surface area contributed by atoms with Crippen LogP contribution in [0.1, 0.15) is 62.3 Å². The van der Waals surface area contributed by atoms with Crippen LogP contribution in [0.25, 0.3) is 11.0 Å². The fourth-order valence-electron chi connectivity index (χ4n) is 3.83. The van der Waals surface area contributed by atoms with Crippen LogP contribution >= 0.6 is 0 Å². The maximum absolute atomic E-state index is 12.9. The first kappa shape index (κ1) is 19.4. The minimum Gasteiger partial charge on any atom is -0.339 e. The first-order valence-corrected chi connectivity index (χ1v) is 9.98. The van der Waals surface area contributed by atoms with E-state index in [9.17, 15) is 9.59 Å². The van der Waals surface area contributed by atoms with Gasteiger partial charge in [0.2, 0.25) is 5.91 Å². The molecule has 1 saturated heterocycles. The molecule has 0 aliphatic carbocycles. The van der Waals surface area contributed by atoms with Crippen molar-refractivity contribution < 1.29 is 9.59 Å². The second kappa shape index (κ2) is 8.11. The number of imidazole rings is 1. The van der Waals surface area contributed by atoms with Gasteiger partial charge < -0.3 is 14.4 Å². The summed E-state index contributed by atoms with van der Waals surface area (Å²) in [6, 6.07) is 6.11. The molecule has 0 spiro atoms.